The first-order valence-electron chi connectivity index (χ1n) is 6.93. The van der Waals surface area contributed by atoms with Gasteiger partial charge in [-0.25, -0.2) is 4.68 Å². The number of rotatable bonds is 6. The zero-order valence-corrected chi connectivity index (χ0v) is 14.2. The molecule has 0 atom stereocenters. The van der Waals surface area contributed by atoms with Crippen LogP contribution in [-0.2, 0) is 0 Å². The third-order valence-electron chi connectivity index (χ3n) is 3.04. The van der Waals surface area contributed by atoms with Crippen LogP contribution >= 0.6 is 23.1 Å². The molecule has 2 heterocycles. The largest absolute Gasteiger partial charge is 0.487 e. The van der Waals surface area contributed by atoms with Gasteiger partial charge in [-0.1, -0.05) is 6.07 Å². The van der Waals surface area contributed by atoms with Crippen molar-refractivity contribution in [2.75, 3.05) is 12.4 Å². The summed E-state index contributed by atoms with van der Waals surface area (Å²) in [5, 5.41) is 21.6. The molecule has 3 aromatic rings. The minimum atomic E-state index is -0.472. The highest BCUT2D eigenvalue weighted by Gasteiger charge is 2.18. The zero-order chi connectivity index (χ0) is 17.1. The highest BCUT2D eigenvalue weighted by atomic mass is 32.2. The van der Waals surface area contributed by atoms with Gasteiger partial charge in [-0.2, -0.15) is 0 Å². The maximum Gasteiger partial charge on any atom is 0.310 e. The Hall–Kier alpha value is -2.59. The zero-order valence-electron chi connectivity index (χ0n) is 12.6. The van der Waals surface area contributed by atoms with Gasteiger partial charge in [-0.15, -0.1) is 21.5 Å². The van der Waals surface area contributed by atoms with Crippen LogP contribution in [0, 0.1) is 10.1 Å². The number of nitro groups is 1. The molecule has 0 spiro atoms. The van der Waals surface area contributed by atoms with Gasteiger partial charge in [0.05, 0.1) is 16.4 Å². The third kappa shape index (κ3) is 3.19. The van der Waals surface area contributed by atoms with E-state index in [1.54, 1.807) is 19.1 Å². The molecule has 0 aliphatic heterocycles. The molecule has 24 heavy (non-hydrogen) atoms. The van der Waals surface area contributed by atoms with Gasteiger partial charge < -0.3 is 10.6 Å². The fourth-order valence-electron chi connectivity index (χ4n) is 2.01. The molecule has 0 fully saturated rings. The molecule has 3 rings (SSSR count). The van der Waals surface area contributed by atoms with Crippen LogP contribution in [0.5, 0.6) is 5.75 Å². The summed E-state index contributed by atoms with van der Waals surface area (Å²) in [4.78, 5) is 12.2. The SMILES string of the molecule is CCOc1cc(Sc2nnc(-c3cccs3)n2N)ccc1[N+](=O)[O-]. The molecule has 0 saturated carbocycles. The van der Waals surface area contributed by atoms with E-state index in [1.165, 1.54) is 33.8 Å². The van der Waals surface area contributed by atoms with Crippen molar-refractivity contribution in [1.29, 1.82) is 0 Å². The molecule has 0 amide bonds. The molecule has 0 radical (unpaired) electrons. The van der Waals surface area contributed by atoms with E-state index >= 15 is 0 Å². The lowest BCUT2D eigenvalue weighted by Crippen LogP contribution is -2.10. The minimum Gasteiger partial charge on any atom is -0.487 e. The molecular weight excluding hydrogens is 350 g/mol. The van der Waals surface area contributed by atoms with Crippen LogP contribution in [0.3, 0.4) is 0 Å². The molecule has 2 N–H and O–H groups in total. The normalized spacial score (nSPS) is 10.7. The fourth-order valence-corrected chi connectivity index (χ4v) is 3.49. The van der Waals surface area contributed by atoms with Crippen molar-refractivity contribution < 1.29 is 9.66 Å². The third-order valence-corrected chi connectivity index (χ3v) is 4.86. The van der Waals surface area contributed by atoms with Crippen LogP contribution < -0.4 is 10.6 Å². The summed E-state index contributed by atoms with van der Waals surface area (Å²) in [5.74, 6) is 6.84. The number of thiophene rings is 1. The first-order chi connectivity index (χ1) is 11.6. The van der Waals surface area contributed by atoms with Gasteiger partial charge in [0.2, 0.25) is 5.16 Å². The summed E-state index contributed by atoms with van der Waals surface area (Å²) in [5.41, 5.74) is -0.0744. The summed E-state index contributed by atoms with van der Waals surface area (Å²) < 4.78 is 6.74. The van der Waals surface area contributed by atoms with Gasteiger partial charge in [0.1, 0.15) is 0 Å². The van der Waals surface area contributed by atoms with E-state index in [2.05, 4.69) is 10.2 Å². The topological polar surface area (TPSA) is 109 Å². The van der Waals surface area contributed by atoms with Crippen molar-refractivity contribution in [1.82, 2.24) is 14.9 Å². The lowest BCUT2D eigenvalue weighted by atomic mass is 10.3. The Balaban J connectivity index is 1.89. The van der Waals surface area contributed by atoms with E-state index in [0.717, 1.165) is 9.77 Å². The van der Waals surface area contributed by atoms with Gasteiger partial charge in [-0.3, -0.25) is 10.1 Å². The van der Waals surface area contributed by atoms with Crippen LogP contribution in [0.2, 0.25) is 0 Å². The molecule has 0 saturated heterocycles. The molecule has 10 heteroatoms. The number of hydrogen-bond donors (Lipinski definition) is 1. The fraction of sp³-hybridized carbons (Fsp3) is 0.143. The second-order valence-electron chi connectivity index (χ2n) is 4.58. The summed E-state index contributed by atoms with van der Waals surface area (Å²) in [6.07, 6.45) is 0. The van der Waals surface area contributed by atoms with Crippen LogP contribution in [-0.4, -0.2) is 26.4 Å². The Morgan fingerprint density at radius 1 is 1.42 bits per heavy atom. The van der Waals surface area contributed by atoms with Crippen molar-refractivity contribution in [2.45, 2.75) is 17.0 Å². The first-order valence-corrected chi connectivity index (χ1v) is 8.63. The second-order valence-corrected chi connectivity index (χ2v) is 6.56. The van der Waals surface area contributed by atoms with Gasteiger partial charge in [0.15, 0.2) is 11.6 Å². The molecule has 0 aliphatic carbocycles. The monoisotopic (exact) mass is 363 g/mol. The first kappa shape index (κ1) is 16.3. The Morgan fingerprint density at radius 3 is 2.92 bits per heavy atom. The lowest BCUT2D eigenvalue weighted by Gasteiger charge is -2.07. The summed E-state index contributed by atoms with van der Waals surface area (Å²) >= 11 is 2.78. The number of nitrogen functional groups attached to an aromatic ring is 1. The predicted octanol–water partition coefficient (Wildman–Crippen LogP) is 3.18. The number of ether oxygens (including phenoxy) is 1. The van der Waals surface area contributed by atoms with Gasteiger partial charge >= 0.3 is 5.69 Å². The quantitative estimate of drug-likeness (QED) is 0.407. The number of nitrogens with two attached hydrogens (primary N) is 1. The van der Waals surface area contributed by atoms with E-state index in [9.17, 15) is 10.1 Å². The molecule has 0 aliphatic rings. The second kappa shape index (κ2) is 6.89. The van der Waals surface area contributed by atoms with E-state index in [4.69, 9.17) is 10.6 Å². The van der Waals surface area contributed by atoms with Crippen molar-refractivity contribution in [3.8, 4) is 16.5 Å². The van der Waals surface area contributed by atoms with E-state index in [1.807, 2.05) is 17.5 Å². The van der Waals surface area contributed by atoms with Gasteiger partial charge in [-0.05, 0) is 36.2 Å². The highest BCUT2D eigenvalue weighted by Crippen LogP contribution is 2.35. The van der Waals surface area contributed by atoms with Crippen molar-refractivity contribution in [3.05, 3.63) is 45.8 Å². The van der Waals surface area contributed by atoms with E-state index in [-0.39, 0.29) is 11.4 Å². The van der Waals surface area contributed by atoms with Crippen LogP contribution in [0.25, 0.3) is 10.7 Å². The highest BCUT2D eigenvalue weighted by molar-refractivity contribution is 7.99. The van der Waals surface area contributed by atoms with Crippen LogP contribution in [0.15, 0.2) is 45.8 Å². The van der Waals surface area contributed by atoms with Gasteiger partial charge in [0, 0.05) is 17.0 Å². The van der Waals surface area contributed by atoms with Crippen LogP contribution in [0.1, 0.15) is 6.92 Å². The Labute approximate surface area is 145 Å². The standard InChI is InChI=1S/C14H13N5O3S2/c1-2-22-11-8-9(5-6-10(11)19(20)21)24-14-17-16-13(18(14)15)12-4-3-7-23-12/h3-8H,2,15H2,1H3. The lowest BCUT2D eigenvalue weighted by molar-refractivity contribution is -0.385. The number of aromatic nitrogens is 3. The smallest absolute Gasteiger partial charge is 0.310 e. The maximum absolute atomic E-state index is 11.0. The molecule has 0 unspecified atom stereocenters. The molecule has 0 bridgehead atoms. The minimum absolute atomic E-state index is 0.0744. The molecular formula is C14H13N5O3S2. The van der Waals surface area contributed by atoms with Crippen molar-refractivity contribution in [3.63, 3.8) is 0 Å². The van der Waals surface area contributed by atoms with Crippen LogP contribution in [0.4, 0.5) is 5.69 Å². The van der Waals surface area contributed by atoms with E-state index in [0.29, 0.717) is 17.6 Å². The summed E-state index contributed by atoms with van der Waals surface area (Å²) in [6, 6.07) is 8.46. The molecule has 1 aromatic carbocycles. The average molecular weight is 363 g/mol. The Morgan fingerprint density at radius 2 is 2.25 bits per heavy atom. The number of benzene rings is 1. The Kier molecular flexibility index (Phi) is 4.67. The predicted molar refractivity (Wildman–Crippen MR) is 91.9 cm³/mol. The Bertz CT molecular complexity index is 863. The van der Waals surface area contributed by atoms with E-state index < -0.39 is 4.92 Å². The molecule has 2 aromatic heterocycles. The number of nitrogens with zero attached hydrogens (tertiary/aromatic N) is 4. The van der Waals surface area contributed by atoms with Gasteiger partial charge in [0.25, 0.3) is 0 Å². The number of nitro benzene ring substituents is 1. The summed E-state index contributed by atoms with van der Waals surface area (Å²) in [6.45, 7) is 2.11. The number of hydrogen-bond acceptors (Lipinski definition) is 8. The molecule has 124 valence electrons. The van der Waals surface area contributed by atoms with Crippen molar-refractivity contribution >= 4 is 28.8 Å². The van der Waals surface area contributed by atoms with Crippen molar-refractivity contribution in [2.24, 2.45) is 0 Å². The average Bonchev–Trinajstić information content (AvgIpc) is 3.18. The molecule has 8 nitrogen and oxygen atoms in total. The summed E-state index contributed by atoms with van der Waals surface area (Å²) in [7, 11) is 0. The maximum atomic E-state index is 11.0.